The van der Waals surface area contributed by atoms with E-state index in [4.69, 9.17) is 21.7 Å². The van der Waals surface area contributed by atoms with Gasteiger partial charge in [0.25, 0.3) is 5.91 Å². The SMILES string of the molecule is CC(C)Oc1ccc(C(=O)NC(=S)Nc2ccc(OCc3ccccc3)cc2)cc1. The average Bonchev–Trinajstić information content (AvgIpc) is 2.74. The third kappa shape index (κ3) is 6.60. The van der Waals surface area contributed by atoms with Crippen molar-refractivity contribution in [3.05, 3.63) is 90.0 Å². The van der Waals surface area contributed by atoms with Gasteiger partial charge >= 0.3 is 0 Å². The lowest BCUT2D eigenvalue weighted by molar-refractivity contribution is 0.0977. The highest BCUT2D eigenvalue weighted by Gasteiger charge is 2.09. The van der Waals surface area contributed by atoms with Crippen molar-refractivity contribution in [2.75, 3.05) is 5.32 Å². The van der Waals surface area contributed by atoms with E-state index in [0.29, 0.717) is 12.2 Å². The standard InChI is InChI=1S/C24H24N2O3S/c1-17(2)29-22-12-8-19(9-13-22)23(27)26-24(30)25-20-10-14-21(15-11-20)28-16-18-6-4-3-5-7-18/h3-15,17H,16H2,1-2H3,(H2,25,26,27,30). The first-order valence-electron chi connectivity index (χ1n) is 9.65. The summed E-state index contributed by atoms with van der Waals surface area (Å²) in [6.07, 6.45) is 0.0802. The van der Waals surface area contributed by atoms with Crippen molar-refractivity contribution in [3.8, 4) is 11.5 Å². The van der Waals surface area contributed by atoms with Gasteiger partial charge in [0.05, 0.1) is 6.10 Å². The summed E-state index contributed by atoms with van der Waals surface area (Å²) in [7, 11) is 0. The van der Waals surface area contributed by atoms with E-state index in [9.17, 15) is 4.79 Å². The molecule has 3 aromatic carbocycles. The molecule has 0 aliphatic carbocycles. The predicted octanol–water partition coefficient (Wildman–Crippen LogP) is 5.18. The second kappa shape index (κ2) is 10.4. The maximum atomic E-state index is 12.4. The van der Waals surface area contributed by atoms with Crippen molar-refractivity contribution in [1.29, 1.82) is 0 Å². The molecule has 0 spiro atoms. The Balaban J connectivity index is 1.48. The summed E-state index contributed by atoms with van der Waals surface area (Å²) < 4.78 is 11.3. The fourth-order valence-electron chi connectivity index (χ4n) is 2.67. The molecule has 6 heteroatoms. The van der Waals surface area contributed by atoms with Crippen molar-refractivity contribution in [2.24, 2.45) is 0 Å². The molecule has 0 bridgehead atoms. The normalized spacial score (nSPS) is 10.4. The molecule has 3 aromatic rings. The van der Waals surface area contributed by atoms with Gasteiger partial charge in [-0.1, -0.05) is 30.3 Å². The lowest BCUT2D eigenvalue weighted by Crippen LogP contribution is -2.34. The molecule has 5 nitrogen and oxygen atoms in total. The number of amides is 1. The van der Waals surface area contributed by atoms with Crippen LogP contribution < -0.4 is 20.1 Å². The Morgan fingerprint density at radius 2 is 1.53 bits per heavy atom. The molecule has 2 N–H and O–H groups in total. The van der Waals surface area contributed by atoms with Crippen LogP contribution in [0.25, 0.3) is 0 Å². The van der Waals surface area contributed by atoms with Gasteiger partial charge in [0.1, 0.15) is 18.1 Å². The van der Waals surface area contributed by atoms with Crippen LogP contribution in [0.4, 0.5) is 5.69 Å². The molecule has 154 valence electrons. The molecule has 0 unspecified atom stereocenters. The van der Waals surface area contributed by atoms with Gasteiger partial charge in [-0.15, -0.1) is 0 Å². The molecule has 0 saturated heterocycles. The Hall–Kier alpha value is -3.38. The van der Waals surface area contributed by atoms with Crippen LogP contribution in [0.5, 0.6) is 11.5 Å². The molecule has 3 rings (SSSR count). The minimum atomic E-state index is -0.286. The Morgan fingerprint density at radius 3 is 2.17 bits per heavy atom. The van der Waals surface area contributed by atoms with Crippen molar-refractivity contribution >= 4 is 28.9 Å². The molecule has 0 fully saturated rings. The smallest absolute Gasteiger partial charge is 0.257 e. The van der Waals surface area contributed by atoms with Crippen molar-refractivity contribution in [1.82, 2.24) is 5.32 Å². The predicted molar refractivity (Wildman–Crippen MR) is 123 cm³/mol. The first-order chi connectivity index (χ1) is 14.5. The van der Waals surface area contributed by atoms with Gasteiger partial charge in [0.15, 0.2) is 5.11 Å². The van der Waals surface area contributed by atoms with Crippen LogP contribution in [-0.4, -0.2) is 17.1 Å². The molecule has 0 radical (unpaired) electrons. The van der Waals surface area contributed by atoms with E-state index in [1.54, 1.807) is 24.3 Å². The van der Waals surface area contributed by atoms with E-state index in [2.05, 4.69) is 10.6 Å². The van der Waals surface area contributed by atoms with Crippen LogP contribution in [0, 0.1) is 0 Å². The quantitative estimate of drug-likeness (QED) is 0.516. The molecule has 0 saturated carbocycles. The lowest BCUT2D eigenvalue weighted by Gasteiger charge is -2.12. The number of rotatable bonds is 7. The third-order valence-electron chi connectivity index (χ3n) is 4.08. The zero-order valence-corrected chi connectivity index (χ0v) is 17.7. The lowest BCUT2D eigenvalue weighted by atomic mass is 10.2. The van der Waals surface area contributed by atoms with Crippen molar-refractivity contribution in [3.63, 3.8) is 0 Å². The zero-order valence-electron chi connectivity index (χ0n) is 16.9. The first kappa shape index (κ1) is 21.3. The van der Waals surface area contributed by atoms with E-state index in [1.165, 1.54) is 0 Å². The van der Waals surface area contributed by atoms with Crippen LogP contribution in [0.2, 0.25) is 0 Å². The van der Waals surface area contributed by atoms with E-state index in [0.717, 1.165) is 22.7 Å². The molecular formula is C24H24N2O3S. The highest BCUT2D eigenvalue weighted by molar-refractivity contribution is 7.80. The molecule has 30 heavy (non-hydrogen) atoms. The monoisotopic (exact) mass is 420 g/mol. The number of carbonyl (C=O) groups excluding carboxylic acids is 1. The van der Waals surface area contributed by atoms with Crippen LogP contribution in [0.1, 0.15) is 29.8 Å². The average molecular weight is 421 g/mol. The number of benzene rings is 3. The number of hydrogen-bond donors (Lipinski definition) is 2. The van der Waals surface area contributed by atoms with Crippen LogP contribution in [0.3, 0.4) is 0 Å². The summed E-state index contributed by atoms with van der Waals surface area (Å²) in [4.78, 5) is 12.4. The fraction of sp³-hybridized carbons (Fsp3) is 0.167. The Labute approximate surface area is 182 Å². The molecule has 0 aliphatic heterocycles. The van der Waals surface area contributed by atoms with Crippen LogP contribution in [-0.2, 0) is 6.61 Å². The minimum Gasteiger partial charge on any atom is -0.491 e. The molecular weight excluding hydrogens is 396 g/mol. The van der Waals surface area contributed by atoms with Crippen LogP contribution in [0.15, 0.2) is 78.9 Å². The number of hydrogen-bond acceptors (Lipinski definition) is 4. The summed E-state index contributed by atoms with van der Waals surface area (Å²) in [5.74, 6) is 1.19. The van der Waals surface area contributed by atoms with Gasteiger partial charge in [-0.3, -0.25) is 10.1 Å². The summed E-state index contributed by atoms with van der Waals surface area (Å²) in [6, 6.07) is 24.3. The molecule has 0 atom stereocenters. The first-order valence-corrected chi connectivity index (χ1v) is 10.1. The van der Waals surface area contributed by atoms with Gasteiger partial charge < -0.3 is 14.8 Å². The van der Waals surface area contributed by atoms with Crippen molar-refractivity contribution < 1.29 is 14.3 Å². The van der Waals surface area contributed by atoms with Gasteiger partial charge in [0.2, 0.25) is 0 Å². The molecule has 0 aliphatic rings. The van der Waals surface area contributed by atoms with Gasteiger partial charge in [-0.25, -0.2) is 0 Å². The van der Waals surface area contributed by atoms with Gasteiger partial charge in [0, 0.05) is 11.3 Å². The van der Waals surface area contributed by atoms with Gasteiger partial charge in [-0.05, 0) is 80.2 Å². The van der Waals surface area contributed by atoms with E-state index < -0.39 is 0 Å². The second-order valence-electron chi connectivity index (χ2n) is 6.90. The van der Waals surface area contributed by atoms with Crippen LogP contribution >= 0.6 is 12.2 Å². The van der Waals surface area contributed by atoms with E-state index in [-0.39, 0.29) is 17.1 Å². The number of thiocarbonyl (C=S) groups is 1. The summed E-state index contributed by atoms with van der Waals surface area (Å²) >= 11 is 5.24. The second-order valence-corrected chi connectivity index (χ2v) is 7.31. The fourth-order valence-corrected chi connectivity index (χ4v) is 2.88. The van der Waals surface area contributed by atoms with Crippen molar-refractivity contribution in [2.45, 2.75) is 26.6 Å². The molecule has 0 aromatic heterocycles. The Morgan fingerprint density at radius 1 is 0.900 bits per heavy atom. The summed E-state index contributed by atoms with van der Waals surface area (Å²) in [6.45, 7) is 4.41. The number of carbonyl (C=O) groups is 1. The maximum Gasteiger partial charge on any atom is 0.257 e. The molecule has 1 amide bonds. The summed E-state index contributed by atoms with van der Waals surface area (Å²) in [5, 5.41) is 5.90. The zero-order chi connectivity index (χ0) is 21.3. The highest BCUT2D eigenvalue weighted by Crippen LogP contribution is 2.17. The Bertz CT molecular complexity index is 972. The minimum absolute atomic E-state index is 0.0802. The maximum absolute atomic E-state index is 12.4. The van der Waals surface area contributed by atoms with Gasteiger partial charge in [-0.2, -0.15) is 0 Å². The highest BCUT2D eigenvalue weighted by atomic mass is 32.1. The number of ether oxygens (including phenoxy) is 2. The molecule has 0 heterocycles. The summed E-state index contributed by atoms with van der Waals surface area (Å²) in [5.41, 5.74) is 2.36. The third-order valence-corrected chi connectivity index (χ3v) is 4.28. The largest absolute Gasteiger partial charge is 0.491 e. The Kier molecular flexibility index (Phi) is 7.40. The number of nitrogens with one attached hydrogen (secondary N) is 2. The van der Waals surface area contributed by atoms with E-state index >= 15 is 0 Å². The number of anilines is 1. The topological polar surface area (TPSA) is 59.6 Å². The van der Waals surface area contributed by atoms with E-state index in [1.807, 2.05) is 68.4 Å².